The number of benzene rings is 9. The van der Waals surface area contributed by atoms with Gasteiger partial charge in [-0.05, 0) is 123 Å². The molecule has 0 spiro atoms. The van der Waals surface area contributed by atoms with Gasteiger partial charge in [0.2, 0.25) is 0 Å². The molecule has 0 saturated heterocycles. The van der Waals surface area contributed by atoms with Gasteiger partial charge in [0.1, 0.15) is 46.3 Å². The second kappa shape index (κ2) is 16.4. The first-order valence-electron chi connectivity index (χ1n) is 28.8. The SMILES string of the molecule is CC1(C)CCC(C)(C)c2cc3c(cc21)Oc1cc(-n2c4ccccc4c4ccccc42)nc2c1B3c1cc3c(cc1N2c1ccccc1)N(c1ccccc1)c1nc(-n2c4ccccc4c4ccccc42)cc2c1B3c1ccccc1O2. The Balaban J connectivity index is 0.963. The Hall–Kier alpha value is -9.79. The number of fused-ring (bicyclic) bond motifs is 15. The summed E-state index contributed by atoms with van der Waals surface area (Å²) < 4.78 is 19.4. The maximum atomic E-state index is 7.54. The third-order valence-corrected chi connectivity index (χ3v) is 18.9. The summed E-state index contributed by atoms with van der Waals surface area (Å²) in [6.07, 6.45) is 2.20. The van der Waals surface area contributed by atoms with Gasteiger partial charge in [0.15, 0.2) is 0 Å². The second-order valence-electron chi connectivity index (χ2n) is 24.3. The van der Waals surface area contributed by atoms with E-state index in [1.165, 1.54) is 49.1 Å². The molecular weight excluding hydrogens is 1000 g/mol. The van der Waals surface area contributed by atoms with Gasteiger partial charge in [-0.3, -0.25) is 18.9 Å². The molecule has 388 valence electrons. The fraction of sp³-hybridized carbons (Fsp3) is 0.111. The maximum Gasteiger partial charge on any atom is 0.258 e. The molecular formula is C72H52B2N6O2. The lowest BCUT2D eigenvalue weighted by Crippen LogP contribution is -2.64. The molecule has 9 aromatic carbocycles. The number of nitrogens with zero attached hydrogens (tertiary/aromatic N) is 6. The quantitative estimate of drug-likeness (QED) is 0.164. The maximum absolute atomic E-state index is 7.54. The number of hydrogen-bond donors (Lipinski definition) is 0. The van der Waals surface area contributed by atoms with Crippen LogP contribution in [0, 0.1) is 0 Å². The van der Waals surface area contributed by atoms with Crippen molar-refractivity contribution in [1.29, 1.82) is 0 Å². The molecule has 0 bridgehead atoms. The first-order chi connectivity index (χ1) is 40.2. The standard InChI is InChI=1S/C72H52B2N6O2/c1-71(2)35-36-72(3,4)50-38-62-54(37-49(50)71)74-53-39-52-59(40-60(53)78(44-23-9-6-10-24-44)70-68(74)64(82-62)42-66(76-70)80-57-32-18-13-27-47(57)48-28-14-19-33-58(48)80)77(43-21-7-5-8-22-43)69-67-63(81-61-34-20-15-29-51(61)73(52)67)41-65(75-69)79-55-30-16-11-25-45(55)46-26-12-17-31-56(46)79/h5-34,37-42H,35-36H2,1-4H3. The summed E-state index contributed by atoms with van der Waals surface area (Å²) in [6.45, 7) is 9.20. The molecule has 0 fully saturated rings. The van der Waals surface area contributed by atoms with Crippen molar-refractivity contribution in [3.8, 4) is 34.6 Å². The first-order valence-corrected chi connectivity index (χ1v) is 28.8. The Morgan fingerprint density at radius 2 is 0.768 bits per heavy atom. The number of pyridine rings is 2. The van der Waals surface area contributed by atoms with E-state index in [2.05, 4.69) is 265 Å². The number of anilines is 6. The molecule has 0 atom stereocenters. The molecule has 0 radical (unpaired) electrons. The zero-order valence-electron chi connectivity index (χ0n) is 45.9. The predicted octanol–water partition coefficient (Wildman–Crippen LogP) is 13.8. The molecule has 18 rings (SSSR count). The average molecular weight is 1050 g/mol. The van der Waals surface area contributed by atoms with Crippen LogP contribution in [0.25, 0.3) is 55.2 Å². The molecule has 5 aliphatic rings. The minimum absolute atomic E-state index is 0.0351. The van der Waals surface area contributed by atoms with Crippen molar-refractivity contribution >= 4 is 124 Å². The van der Waals surface area contributed by atoms with E-state index < -0.39 is 0 Å². The molecule has 4 aliphatic heterocycles. The van der Waals surface area contributed by atoms with E-state index in [0.29, 0.717) is 0 Å². The summed E-state index contributed by atoms with van der Waals surface area (Å²) in [7, 11) is 0. The Morgan fingerprint density at radius 3 is 1.26 bits per heavy atom. The van der Waals surface area contributed by atoms with E-state index in [9.17, 15) is 0 Å². The van der Waals surface area contributed by atoms with Crippen LogP contribution in [-0.2, 0) is 10.8 Å². The summed E-state index contributed by atoms with van der Waals surface area (Å²) in [4.78, 5) is 16.7. The van der Waals surface area contributed by atoms with Gasteiger partial charge in [-0.1, -0.05) is 167 Å². The predicted molar refractivity (Wildman–Crippen MR) is 338 cm³/mol. The minimum Gasteiger partial charge on any atom is -0.458 e. The van der Waals surface area contributed by atoms with Crippen LogP contribution >= 0.6 is 0 Å². The van der Waals surface area contributed by atoms with Gasteiger partial charge < -0.3 is 9.47 Å². The van der Waals surface area contributed by atoms with Gasteiger partial charge in [-0.2, -0.15) is 0 Å². The van der Waals surface area contributed by atoms with Crippen molar-refractivity contribution in [1.82, 2.24) is 19.1 Å². The van der Waals surface area contributed by atoms with E-state index in [4.69, 9.17) is 19.4 Å². The summed E-state index contributed by atoms with van der Waals surface area (Å²) in [5.74, 6) is 6.61. The van der Waals surface area contributed by atoms with E-state index in [1.807, 2.05) is 0 Å². The molecule has 4 aromatic heterocycles. The van der Waals surface area contributed by atoms with Crippen LogP contribution in [0.2, 0.25) is 0 Å². The summed E-state index contributed by atoms with van der Waals surface area (Å²) >= 11 is 0. The van der Waals surface area contributed by atoms with Crippen molar-refractivity contribution in [2.75, 3.05) is 9.80 Å². The van der Waals surface area contributed by atoms with Crippen molar-refractivity contribution < 1.29 is 9.47 Å². The number of ether oxygens (including phenoxy) is 2. The van der Waals surface area contributed by atoms with Crippen molar-refractivity contribution in [2.45, 2.75) is 51.4 Å². The number of aromatic nitrogens is 4. The van der Waals surface area contributed by atoms with Crippen LogP contribution in [0.3, 0.4) is 0 Å². The largest absolute Gasteiger partial charge is 0.458 e. The van der Waals surface area contributed by atoms with E-state index in [-0.39, 0.29) is 24.3 Å². The van der Waals surface area contributed by atoms with Gasteiger partial charge in [0.25, 0.3) is 13.4 Å². The molecule has 1 aliphatic carbocycles. The highest BCUT2D eigenvalue weighted by Crippen LogP contribution is 2.50. The lowest BCUT2D eigenvalue weighted by Gasteiger charge is -2.45. The molecule has 0 saturated carbocycles. The first kappa shape index (κ1) is 46.0. The molecule has 0 N–H and O–H groups in total. The summed E-state index contributed by atoms with van der Waals surface area (Å²) in [6, 6.07) is 79.2. The highest BCUT2D eigenvalue weighted by molar-refractivity contribution is 7.02. The van der Waals surface area contributed by atoms with Crippen LogP contribution in [0.1, 0.15) is 51.7 Å². The van der Waals surface area contributed by atoms with Crippen molar-refractivity contribution in [3.05, 3.63) is 230 Å². The van der Waals surface area contributed by atoms with Crippen LogP contribution in [0.4, 0.5) is 34.4 Å². The van der Waals surface area contributed by atoms with E-state index >= 15 is 0 Å². The van der Waals surface area contributed by atoms with Crippen LogP contribution in [0.5, 0.6) is 23.0 Å². The Bertz CT molecular complexity index is 4820. The number of para-hydroxylation sites is 7. The monoisotopic (exact) mass is 1050 g/mol. The zero-order chi connectivity index (χ0) is 54.3. The van der Waals surface area contributed by atoms with Crippen LogP contribution in [-0.4, -0.2) is 32.5 Å². The van der Waals surface area contributed by atoms with Crippen LogP contribution in [0.15, 0.2) is 218 Å². The van der Waals surface area contributed by atoms with Gasteiger partial charge in [-0.25, -0.2) is 9.97 Å². The fourth-order valence-corrected chi connectivity index (χ4v) is 14.9. The summed E-state index contributed by atoms with van der Waals surface area (Å²) in [5.41, 5.74) is 17.9. The molecule has 82 heavy (non-hydrogen) atoms. The summed E-state index contributed by atoms with van der Waals surface area (Å²) in [5, 5.41) is 4.71. The second-order valence-corrected chi connectivity index (χ2v) is 24.3. The third-order valence-electron chi connectivity index (χ3n) is 18.9. The van der Waals surface area contributed by atoms with Crippen molar-refractivity contribution in [3.63, 3.8) is 0 Å². The zero-order valence-corrected chi connectivity index (χ0v) is 45.9. The molecule has 8 nitrogen and oxygen atoms in total. The van der Waals surface area contributed by atoms with E-state index in [0.717, 1.165) is 120 Å². The van der Waals surface area contributed by atoms with Gasteiger partial charge in [-0.15, -0.1) is 0 Å². The molecule has 13 aromatic rings. The Kier molecular flexibility index (Phi) is 9.21. The lowest BCUT2D eigenvalue weighted by molar-refractivity contribution is 0.330. The van der Waals surface area contributed by atoms with Crippen LogP contribution < -0.4 is 52.1 Å². The van der Waals surface area contributed by atoms with Gasteiger partial charge in [0, 0.05) is 67.4 Å². The fourth-order valence-electron chi connectivity index (χ4n) is 14.9. The molecule has 8 heterocycles. The smallest absolute Gasteiger partial charge is 0.258 e. The number of rotatable bonds is 4. The van der Waals surface area contributed by atoms with Gasteiger partial charge >= 0.3 is 0 Å². The van der Waals surface area contributed by atoms with Gasteiger partial charge in [0.05, 0.1) is 22.1 Å². The van der Waals surface area contributed by atoms with Crippen molar-refractivity contribution in [2.24, 2.45) is 0 Å². The molecule has 0 unspecified atom stereocenters. The van der Waals surface area contributed by atoms with E-state index in [1.54, 1.807) is 0 Å². The highest BCUT2D eigenvalue weighted by Gasteiger charge is 2.50. The normalized spacial score (nSPS) is 15.5. The topological polar surface area (TPSA) is 60.6 Å². The third kappa shape index (κ3) is 6.24. The highest BCUT2D eigenvalue weighted by atomic mass is 16.5. The number of hydrogen-bond acceptors (Lipinski definition) is 6. The minimum atomic E-state index is -0.239. The molecule has 0 amide bonds. The molecule has 10 heteroatoms. The lowest BCUT2D eigenvalue weighted by atomic mass is 9.31. The average Bonchev–Trinajstić information content (AvgIpc) is 1.90. The Morgan fingerprint density at radius 1 is 0.366 bits per heavy atom. The Labute approximate surface area is 475 Å².